The number of benzene rings is 1. The zero-order chi connectivity index (χ0) is 25.3. The van der Waals surface area contributed by atoms with Gasteiger partial charge in [0.15, 0.2) is 0 Å². The minimum Gasteiger partial charge on any atom is -0.465 e. The Balaban J connectivity index is 1.80. The summed E-state index contributed by atoms with van der Waals surface area (Å²) in [5.41, 5.74) is -0.803. The predicted molar refractivity (Wildman–Crippen MR) is 129 cm³/mol. The summed E-state index contributed by atoms with van der Waals surface area (Å²) in [6.07, 6.45) is 2.30. The standard InChI is InChI=1S/C25H35F2N3O3S/c1-15(2)8-22-28-14-21(34-22)25(6-7-25)29-13-20(31)19(30(23(32)33)24(3,4)5)11-16-9-17(26)12-18(27)10-16/h9-10,12,14-15,19-20,29,31H,6-8,11,13H2,1-5H3,(H,32,33)/t19-,20-/m0/s1. The Labute approximate surface area is 204 Å². The Hall–Kier alpha value is -2.10. The van der Waals surface area contributed by atoms with Crippen molar-refractivity contribution < 1.29 is 23.8 Å². The van der Waals surface area contributed by atoms with Crippen molar-refractivity contribution >= 4 is 17.4 Å². The lowest BCUT2D eigenvalue weighted by atomic mass is 9.94. The maximum absolute atomic E-state index is 13.8. The first-order valence-corrected chi connectivity index (χ1v) is 12.5. The number of aromatic nitrogens is 1. The Kier molecular flexibility index (Phi) is 7.99. The first-order chi connectivity index (χ1) is 15.8. The Morgan fingerprint density at radius 1 is 1.21 bits per heavy atom. The van der Waals surface area contributed by atoms with E-state index in [-0.39, 0.29) is 18.5 Å². The number of carboxylic acid groups (broad SMARTS) is 1. The summed E-state index contributed by atoms with van der Waals surface area (Å²) in [6.45, 7) is 9.64. The van der Waals surface area contributed by atoms with Gasteiger partial charge in [0.1, 0.15) is 11.6 Å². The number of nitrogens with zero attached hydrogens (tertiary/aromatic N) is 2. The van der Waals surface area contributed by atoms with Crippen LogP contribution in [0.3, 0.4) is 0 Å². The molecule has 34 heavy (non-hydrogen) atoms. The molecule has 1 aliphatic carbocycles. The van der Waals surface area contributed by atoms with Gasteiger partial charge >= 0.3 is 6.09 Å². The highest BCUT2D eigenvalue weighted by Gasteiger charge is 2.47. The smallest absolute Gasteiger partial charge is 0.408 e. The number of aliphatic hydroxyl groups is 1. The fourth-order valence-corrected chi connectivity index (χ4v) is 5.70. The first-order valence-electron chi connectivity index (χ1n) is 11.7. The van der Waals surface area contributed by atoms with E-state index in [1.165, 1.54) is 17.0 Å². The van der Waals surface area contributed by atoms with Crippen LogP contribution in [0.5, 0.6) is 0 Å². The molecule has 0 unspecified atom stereocenters. The number of hydrogen-bond acceptors (Lipinski definition) is 5. The number of rotatable bonds is 10. The summed E-state index contributed by atoms with van der Waals surface area (Å²) < 4.78 is 27.6. The van der Waals surface area contributed by atoms with E-state index in [0.29, 0.717) is 11.5 Å². The van der Waals surface area contributed by atoms with Crippen LogP contribution >= 0.6 is 11.3 Å². The van der Waals surface area contributed by atoms with E-state index < -0.39 is 35.4 Å². The van der Waals surface area contributed by atoms with Crippen molar-refractivity contribution in [2.45, 2.75) is 83.5 Å². The van der Waals surface area contributed by atoms with Crippen molar-refractivity contribution in [3.05, 3.63) is 51.5 Å². The number of hydrogen-bond donors (Lipinski definition) is 3. The molecule has 1 fully saturated rings. The lowest BCUT2D eigenvalue weighted by molar-refractivity contribution is 0.00648. The number of carbonyl (C=O) groups is 1. The minimum absolute atomic E-state index is 0.0206. The average molecular weight is 496 g/mol. The van der Waals surface area contributed by atoms with Crippen LogP contribution in [0.4, 0.5) is 13.6 Å². The van der Waals surface area contributed by atoms with Gasteiger partial charge in [-0.25, -0.2) is 18.6 Å². The SMILES string of the molecule is CC(C)Cc1ncc(C2(NC[C@H](O)[C@H](Cc3cc(F)cc(F)c3)N(C(=O)O)C(C)(C)C)CC2)s1. The molecule has 6 nitrogen and oxygen atoms in total. The lowest BCUT2D eigenvalue weighted by Crippen LogP contribution is -2.58. The average Bonchev–Trinajstić information content (AvgIpc) is 3.33. The first kappa shape index (κ1) is 26.5. The second-order valence-electron chi connectivity index (χ2n) is 10.6. The molecular weight excluding hydrogens is 460 g/mol. The van der Waals surface area contributed by atoms with E-state index in [2.05, 4.69) is 24.1 Å². The van der Waals surface area contributed by atoms with Crippen LogP contribution < -0.4 is 5.32 Å². The number of thiazole rings is 1. The quantitative estimate of drug-likeness (QED) is 0.434. The monoisotopic (exact) mass is 495 g/mol. The molecule has 0 spiro atoms. The van der Waals surface area contributed by atoms with E-state index in [9.17, 15) is 23.8 Å². The van der Waals surface area contributed by atoms with Gasteiger partial charge in [-0.3, -0.25) is 4.90 Å². The molecule has 0 saturated heterocycles. The van der Waals surface area contributed by atoms with Crippen LogP contribution in [0.15, 0.2) is 24.4 Å². The summed E-state index contributed by atoms with van der Waals surface area (Å²) in [4.78, 5) is 19.0. The van der Waals surface area contributed by atoms with Crippen LogP contribution in [-0.4, -0.2) is 50.4 Å². The Morgan fingerprint density at radius 2 is 1.82 bits per heavy atom. The molecule has 3 rings (SSSR count). The molecule has 3 N–H and O–H groups in total. The number of nitrogens with one attached hydrogen (secondary N) is 1. The van der Waals surface area contributed by atoms with Gasteiger partial charge in [-0.15, -0.1) is 11.3 Å². The van der Waals surface area contributed by atoms with E-state index in [1.54, 1.807) is 32.1 Å². The fourth-order valence-electron chi connectivity index (χ4n) is 4.34. The minimum atomic E-state index is -1.20. The lowest BCUT2D eigenvalue weighted by Gasteiger charge is -2.42. The Morgan fingerprint density at radius 3 is 2.32 bits per heavy atom. The third-order valence-corrected chi connectivity index (χ3v) is 7.30. The van der Waals surface area contributed by atoms with Crippen LogP contribution in [0.2, 0.25) is 0 Å². The Bertz CT molecular complexity index is 981. The van der Waals surface area contributed by atoms with Gasteiger partial charge in [-0.05, 0) is 63.6 Å². The topological polar surface area (TPSA) is 85.7 Å². The second kappa shape index (κ2) is 10.3. The molecule has 1 aromatic heterocycles. The number of amides is 1. The molecule has 0 bridgehead atoms. The molecule has 2 aromatic rings. The highest BCUT2D eigenvalue weighted by Crippen LogP contribution is 2.47. The van der Waals surface area contributed by atoms with E-state index in [0.717, 1.165) is 35.2 Å². The molecule has 1 heterocycles. The third kappa shape index (κ3) is 6.52. The van der Waals surface area contributed by atoms with Crippen LogP contribution in [-0.2, 0) is 18.4 Å². The summed E-state index contributed by atoms with van der Waals surface area (Å²) >= 11 is 1.67. The molecule has 2 atom stereocenters. The zero-order valence-corrected chi connectivity index (χ0v) is 21.3. The molecule has 188 valence electrons. The summed E-state index contributed by atoms with van der Waals surface area (Å²) in [5, 5.41) is 25.7. The summed E-state index contributed by atoms with van der Waals surface area (Å²) in [5.74, 6) is -0.964. The maximum atomic E-state index is 13.8. The molecule has 1 amide bonds. The van der Waals surface area contributed by atoms with E-state index >= 15 is 0 Å². The van der Waals surface area contributed by atoms with Gasteiger partial charge in [0, 0.05) is 35.6 Å². The molecule has 1 aliphatic rings. The molecule has 0 radical (unpaired) electrons. The maximum Gasteiger partial charge on any atom is 0.408 e. The van der Waals surface area contributed by atoms with E-state index in [1.807, 2.05) is 6.20 Å². The molecule has 9 heteroatoms. The fraction of sp³-hybridized carbons (Fsp3) is 0.600. The van der Waals surface area contributed by atoms with Crippen molar-refractivity contribution in [1.29, 1.82) is 0 Å². The second-order valence-corrected chi connectivity index (χ2v) is 11.7. The zero-order valence-electron chi connectivity index (χ0n) is 20.4. The van der Waals surface area contributed by atoms with Crippen LogP contribution in [0.1, 0.15) is 62.9 Å². The van der Waals surface area contributed by atoms with Gasteiger partial charge in [0.05, 0.1) is 22.7 Å². The molecule has 1 aromatic carbocycles. The third-order valence-electron chi connectivity index (χ3n) is 6.08. The van der Waals surface area contributed by atoms with E-state index in [4.69, 9.17) is 0 Å². The molecule has 0 aliphatic heterocycles. The highest BCUT2D eigenvalue weighted by atomic mass is 32.1. The van der Waals surface area contributed by atoms with Crippen molar-refractivity contribution in [2.75, 3.05) is 6.54 Å². The van der Waals surface area contributed by atoms with Crippen molar-refractivity contribution in [3.63, 3.8) is 0 Å². The highest BCUT2D eigenvalue weighted by molar-refractivity contribution is 7.11. The molecular formula is C25H35F2N3O3S. The van der Waals surface area contributed by atoms with Gasteiger partial charge in [0.2, 0.25) is 0 Å². The van der Waals surface area contributed by atoms with Gasteiger partial charge in [-0.1, -0.05) is 13.8 Å². The van der Waals surface area contributed by atoms with Gasteiger partial charge in [0.25, 0.3) is 0 Å². The summed E-state index contributed by atoms with van der Waals surface area (Å²) in [7, 11) is 0. The van der Waals surface area contributed by atoms with Crippen molar-refractivity contribution in [3.8, 4) is 0 Å². The van der Waals surface area contributed by atoms with Gasteiger partial charge in [-0.2, -0.15) is 0 Å². The normalized spacial score (nSPS) is 17.0. The predicted octanol–water partition coefficient (Wildman–Crippen LogP) is 4.95. The molecule has 1 saturated carbocycles. The van der Waals surface area contributed by atoms with Gasteiger partial charge < -0.3 is 15.5 Å². The largest absolute Gasteiger partial charge is 0.465 e. The van der Waals surface area contributed by atoms with Crippen molar-refractivity contribution in [1.82, 2.24) is 15.2 Å². The number of halogens is 2. The van der Waals surface area contributed by atoms with Crippen LogP contribution in [0.25, 0.3) is 0 Å². The van der Waals surface area contributed by atoms with Crippen LogP contribution in [0, 0.1) is 17.6 Å². The number of aliphatic hydroxyl groups excluding tert-OH is 1. The van der Waals surface area contributed by atoms with Crippen molar-refractivity contribution in [2.24, 2.45) is 5.92 Å². The summed E-state index contributed by atoms with van der Waals surface area (Å²) in [6, 6.07) is 2.22.